The highest BCUT2D eigenvalue weighted by atomic mass is 19.1. The second-order valence-corrected chi connectivity index (χ2v) is 9.32. The highest BCUT2D eigenvalue weighted by molar-refractivity contribution is 5.92. The lowest BCUT2D eigenvalue weighted by atomic mass is 9.61. The maximum atomic E-state index is 14.0. The molecule has 0 radical (unpaired) electrons. The topological polar surface area (TPSA) is 160 Å². The van der Waals surface area contributed by atoms with E-state index in [4.69, 9.17) is 4.42 Å². The molecule has 0 saturated heterocycles. The maximum absolute atomic E-state index is 14.0. The first-order valence-electron chi connectivity index (χ1n) is 11.6. The molecule has 3 aliphatic rings. The van der Waals surface area contributed by atoms with Gasteiger partial charge in [0.2, 0.25) is 0 Å². The number of carboxylic acids is 1. The van der Waals surface area contributed by atoms with Gasteiger partial charge in [-0.25, -0.2) is 19.3 Å². The number of nitrogens with one attached hydrogen (secondary N) is 2. The first-order valence-corrected chi connectivity index (χ1v) is 11.6. The summed E-state index contributed by atoms with van der Waals surface area (Å²) in [6.45, 7) is 0. The highest BCUT2D eigenvalue weighted by Crippen LogP contribution is 2.46. The molecular weight excluding hydrogens is 471 g/mol. The number of aromatic nitrogens is 4. The third-order valence-electron chi connectivity index (χ3n) is 7.31. The van der Waals surface area contributed by atoms with E-state index < -0.39 is 28.5 Å². The molecule has 11 nitrogen and oxygen atoms in total. The zero-order valence-electron chi connectivity index (χ0n) is 18.8. The largest absolute Gasteiger partial charge is 0.481 e. The second-order valence-electron chi connectivity index (χ2n) is 9.32. The molecule has 3 aliphatic carbocycles. The van der Waals surface area contributed by atoms with E-state index in [9.17, 15) is 24.4 Å². The van der Waals surface area contributed by atoms with Crippen LogP contribution < -0.4 is 5.32 Å². The number of carboxylic acid groups (broad SMARTS) is 1. The first-order chi connectivity index (χ1) is 17.4. The number of halogens is 1. The predicted molar refractivity (Wildman–Crippen MR) is 125 cm³/mol. The number of hydrogen-bond acceptors (Lipinski definition) is 8. The van der Waals surface area contributed by atoms with Crippen LogP contribution in [-0.2, 0) is 4.79 Å². The lowest BCUT2D eigenvalue weighted by molar-refractivity contribution is -0.401. The fourth-order valence-electron chi connectivity index (χ4n) is 5.68. The summed E-state index contributed by atoms with van der Waals surface area (Å²) in [5.41, 5.74) is 1.18. The average molecular weight is 492 g/mol. The smallest absolute Gasteiger partial charge is 0.433 e. The van der Waals surface area contributed by atoms with E-state index in [-0.39, 0.29) is 35.2 Å². The number of H-pyrrole nitrogens is 1. The Hall–Kier alpha value is -4.35. The molecule has 3 saturated carbocycles. The number of rotatable bonds is 6. The Morgan fingerprint density at radius 1 is 1.19 bits per heavy atom. The number of furan rings is 1. The van der Waals surface area contributed by atoms with E-state index in [0.717, 1.165) is 31.9 Å². The van der Waals surface area contributed by atoms with Gasteiger partial charge in [-0.05, 0) is 49.7 Å². The lowest BCUT2D eigenvalue weighted by Crippen LogP contribution is -2.51. The lowest BCUT2D eigenvalue weighted by Gasteiger charge is -2.47. The molecule has 3 N–H and O–H groups in total. The van der Waals surface area contributed by atoms with Gasteiger partial charge in [0.25, 0.3) is 0 Å². The van der Waals surface area contributed by atoms with Gasteiger partial charge in [0.15, 0.2) is 11.6 Å². The van der Waals surface area contributed by atoms with Gasteiger partial charge < -0.3 is 19.8 Å². The van der Waals surface area contributed by atoms with Crippen molar-refractivity contribution in [3.8, 4) is 22.8 Å². The second kappa shape index (κ2) is 8.40. The summed E-state index contributed by atoms with van der Waals surface area (Å²) in [6.07, 6.45) is 6.36. The van der Waals surface area contributed by atoms with Crippen LogP contribution in [0.2, 0.25) is 0 Å². The van der Waals surface area contributed by atoms with E-state index in [1.807, 2.05) is 0 Å². The molecule has 184 valence electrons. The molecule has 36 heavy (non-hydrogen) atoms. The third kappa shape index (κ3) is 3.74. The summed E-state index contributed by atoms with van der Waals surface area (Å²) < 4.78 is 19.3. The molecule has 2 bridgehead atoms. The third-order valence-corrected chi connectivity index (χ3v) is 7.31. The van der Waals surface area contributed by atoms with Crippen molar-refractivity contribution in [3.63, 3.8) is 0 Å². The van der Waals surface area contributed by atoms with Crippen LogP contribution in [0.1, 0.15) is 25.7 Å². The number of anilines is 1. The summed E-state index contributed by atoms with van der Waals surface area (Å²) in [5, 5.41) is 24.9. The number of fused-ring (bicyclic) bond motifs is 4. The van der Waals surface area contributed by atoms with Crippen molar-refractivity contribution in [1.29, 1.82) is 0 Å². The zero-order valence-corrected chi connectivity index (χ0v) is 18.8. The van der Waals surface area contributed by atoms with Crippen LogP contribution in [0, 0.1) is 33.7 Å². The zero-order chi connectivity index (χ0) is 25.0. The van der Waals surface area contributed by atoms with Crippen LogP contribution in [-0.4, -0.2) is 42.0 Å². The monoisotopic (exact) mass is 492 g/mol. The van der Waals surface area contributed by atoms with Crippen LogP contribution in [0.15, 0.2) is 41.1 Å². The van der Waals surface area contributed by atoms with E-state index in [1.165, 1.54) is 18.2 Å². The van der Waals surface area contributed by atoms with Crippen LogP contribution in [0.5, 0.6) is 0 Å². The van der Waals surface area contributed by atoms with Crippen LogP contribution >= 0.6 is 0 Å². The highest BCUT2D eigenvalue weighted by Gasteiger charge is 2.47. The van der Waals surface area contributed by atoms with Crippen LogP contribution in [0.4, 0.5) is 16.1 Å². The van der Waals surface area contributed by atoms with E-state index in [0.29, 0.717) is 22.4 Å². The summed E-state index contributed by atoms with van der Waals surface area (Å²) in [4.78, 5) is 38.8. The number of nitrogens with zero attached hydrogens (tertiary/aromatic N) is 4. The Morgan fingerprint density at radius 3 is 2.69 bits per heavy atom. The van der Waals surface area contributed by atoms with Crippen molar-refractivity contribution < 1.29 is 23.6 Å². The first kappa shape index (κ1) is 22.1. The Labute approximate surface area is 202 Å². The fraction of sp³-hybridized carbons (Fsp3) is 0.333. The molecule has 0 amide bonds. The molecule has 0 aliphatic heterocycles. The van der Waals surface area contributed by atoms with Gasteiger partial charge in [-0.15, -0.1) is 0 Å². The molecule has 12 heteroatoms. The summed E-state index contributed by atoms with van der Waals surface area (Å²) in [7, 11) is 0. The molecule has 3 fully saturated rings. The Balaban J connectivity index is 1.46. The molecule has 0 spiro atoms. The van der Waals surface area contributed by atoms with Gasteiger partial charge in [-0.1, -0.05) is 0 Å². The summed E-state index contributed by atoms with van der Waals surface area (Å²) in [5.74, 6) is -1.34. The molecule has 4 aromatic heterocycles. The predicted octanol–water partition coefficient (Wildman–Crippen LogP) is 4.63. The van der Waals surface area contributed by atoms with Gasteiger partial charge in [-0.3, -0.25) is 14.9 Å². The number of pyridine rings is 1. The summed E-state index contributed by atoms with van der Waals surface area (Å²) in [6, 6.07) is 5.25. The van der Waals surface area contributed by atoms with E-state index in [1.54, 1.807) is 12.3 Å². The molecular formula is C24H21FN6O5. The summed E-state index contributed by atoms with van der Waals surface area (Å²) >= 11 is 0. The van der Waals surface area contributed by atoms with E-state index >= 15 is 0 Å². The van der Waals surface area contributed by atoms with Gasteiger partial charge in [0, 0.05) is 29.3 Å². The quantitative estimate of drug-likeness (QED) is 0.257. The van der Waals surface area contributed by atoms with Crippen LogP contribution in [0.25, 0.3) is 33.9 Å². The molecule has 0 aromatic carbocycles. The maximum Gasteiger partial charge on any atom is 0.433 e. The van der Waals surface area contributed by atoms with Crippen molar-refractivity contribution in [3.05, 3.63) is 52.6 Å². The standard InChI is InChI=1S/C24H21FN6O5/c25-13-7-14-15(10-27-22(14)26-9-13)23-28-16(17-5-6-19(36-17)31(34)35)8-18(30-23)29-21-12-3-1-11(2-4-12)20(21)24(32)33/h5-12,20-21H,1-4H2,(H,26,27)(H,32,33)(H,28,29,30)/t11?,12?,20-,21-/m1/s1. The minimum absolute atomic E-state index is 0.0983. The van der Waals surface area contributed by atoms with Crippen molar-refractivity contribution in [1.82, 2.24) is 19.9 Å². The van der Waals surface area contributed by atoms with Crippen molar-refractivity contribution in [2.45, 2.75) is 31.7 Å². The van der Waals surface area contributed by atoms with Crippen LogP contribution in [0.3, 0.4) is 0 Å². The fourth-order valence-corrected chi connectivity index (χ4v) is 5.68. The number of nitro groups is 1. The number of aromatic amines is 1. The average Bonchev–Trinajstić information content (AvgIpc) is 3.52. The minimum atomic E-state index is -0.837. The van der Waals surface area contributed by atoms with Gasteiger partial charge in [0.1, 0.15) is 27.9 Å². The Bertz CT molecular complexity index is 1490. The van der Waals surface area contributed by atoms with Gasteiger partial charge in [-0.2, -0.15) is 0 Å². The van der Waals surface area contributed by atoms with Crippen molar-refractivity contribution >= 4 is 28.7 Å². The molecule has 7 rings (SSSR count). The number of aliphatic carboxylic acids is 1. The normalized spacial score (nSPS) is 23.1. The van der Waals surface area contributed by atoms with E-state index in [2.05, 4.69) is 25.3 Å². The minimum Gasteiger partial charge on any atom is -0.481 e. The van der Waals surface area contributed by atoms with Crippen molar-refractivity contribution in [2.75, 3.05) is 5.32 Å². The molecule has 4 heterocycles. The SMILES string of the molecule is O=C(O)[C@@H]1C2CCC(CC2)[C@H]1Nc1cc(-c2ccc([N+](=O)[O-])o2)nc(-c2c[nH]c3ncc(F)cc23)n1. The molecule has 0 unspecified atom stereocenters. The Morgan fingerprint density at radius 2 is 1.97 bits per heavy atom. The van der Waals surface area contributed by atoms with Gasteiger partial charge >= 0.3 is 11.9 Å². The molecule has 4 aromatic rings. The molecule has 2 atom stereocenters. The number of hydrogen-bond donors (Lipinski definition) is 3. The number of carbonyl (C=O) groups is 1. The van der Waals surface area contributed by atoms with Crippen molar-refractivity contribution in [2.24, 2.45) is 17.8 Å². The Kier molecular flexibility index (Phi) is 5.16. The van der Waals surface area contributed by atoms with Gasteiger partial charge in [0.05, 0.1) is 18.2 Å².